The first-order valence-electron chi connectivity index (χ1n) is 9.21. The molecule has 1 aromatic rings. The molecule has 27 heavy (non-hydrogen) atoms. The van der Waals surface area contributed by atoms with E-state index in [9.17, 15) is 13.2 Å². The van der Waals surface area contributed by atoms with Crippen LogP contribution >= 0.6 is 12.4 Å². The van der Waals surface area contributed by atoms with Crippen molar-refractivity contribution in [2.45, 2.75) is 55.7 Å². The third-order valence-corrected chi connectivity index (χ3v) is 7.42. The number of carbonyl (C=O) groups excluding carboxylic acids is 1. The van der Waals surface area contributed by atoms with E-state index in [-0.39, 0.29) is 29.4 Å². The van der Waals surface area contributed by atoms with Crippen LogP contribution in [-0.4, -0.2) is 56.6 Å². The van der Waals surface area contributed by atoms with Crippen molar-refractivity contribution in [3.63, 3.8) is 0 Å². The quantitative estimate of drug-likeness (QED) is 0.748. The molecule has 2 saturated heterocycles. The van der Waals surface area contributed by atoms with E-state index in [1.54, 1.807) is 29.4 Å². The summed E-state index contributed by atoms with van der Waals surface area (Å²) in [6, 6.07) is 4.97. The molecule has 4 rings (SSSR count). The lowest BCUT2D eigenvalue weighted by atomic mass is 10.1. The van der Waals surface area contributed by atoms with Gasteiger partial charge in [-0.3, -0.25) is 0 Å². The number of sulfonamides is 1. The third kappa shape index (κ3) is 3.68. The van der Waals surface area contributed by atoms with Crippen LogP contribution in [0.15, 0.2) is 23.1 Å². The Morgan fingerprint density at radius 1 is 1.30 bits per heavy atom. The Balaban J connectivity index is 0.00000210. The number of esters is 1. The number of benzene rings is 1. The Morgan fingerprint density at radius 3 is 2.85 bits per heavy atom. The van der Waals surface area contributed by atoms with Crippen LogP contribution < -0.4 is 10.1 Å². The minimum absolute atomic E-state index is 0. The van der Waals surface area contributed by atoms with Crippen molar-refractivity contribution in [2.75, 3.05) is 19.7 Å². The maximum absolute atomic E-state index is 13.3. The number of fused-ring (bicyclic) bond motifs is 3. The Hall–Kier alpha value is -1.35. The zero-order chi connectivity index (χ0) is 18.3. The van der Waals surface area contributed by atoms with E-state index in [1.807, 2.05) is 0 Å². The highest BCUT2D eigenvalue weighted by molar-refractivity contribution is 7.89. The molecule has 7 nitrogen and oxygen atoms in total. The molecule has 0 aromatic heterocycles. The van der Waals surface area contributed by atoms with E-state index in [2.05, 4.69) is 5.32 Å². The number of nitrogens with zero attached hydrogens (tertiary/aromatic N) is 1. The SMILES string of the molecule is CCOC(=O)C1Cc2cc(S(=O)(=O)N3C4CCNCC3CC4)ccc2O1.Cl. The summed E-state index contributed by atoms with van der Waals surface area (Å²) in [6.07, 6.45) is 2.31. The molecule has 0 saturated carbocycles. The largest absolute Gasteiger partial charge is 0.478 e. The number of nitrogens with one attached hydrogen (secondary N) is 1. The smallest absolute Gasteiger partial charge is 0.347 e. The molecule has 3 unspecified atom stereocenters. The number of hydrogen-bond donors (Lipinski definition) is 1. The molecular formula is C18H25ClN2O5S. The van der Waals surface area contributed by atoms with Crippen LogP contribution in [0.3, 0.4) is 0 Å². The predicted octanol–water partition coefficient (Wildman–Crippen LogP) is 1.49. The van der Waals surface area contributed by atoms with Crippen molar-refractivity contribution in [3.8, 4) is 5.75 Å². The van der Waals surface area contributed by atoms with E-state index in [0.29, 0.717) is 25.3 Å². The molecule has 9 heteroatoms. The van der Waals surface area contributed by atoms with Crippen molar-refractivity contribution in [1.82, 2.24) is 9.62 Å². The number of rotatable bonds is 4. The van der Waals surface area contributed by atoms with Crippen LogP contribution in [0.25, 0.3) is 0 Å². The lowest BCUT2D eigenvalue weighted by Crippen LogP contribution is -2.42. The molecular weight excluding hydrogens is 392 g/mol. The molecule has 0 amide bonds. The van der Waals surface area contributed by atoms with Crippen LogP contribution in [0.5, 0.6) is 5.75 Å². The monoisotopic (exact) mass is 416 g/mol. The molecule has 3 aliphatic heterocycles. The van der Waals surface area contributed by atoms with Gasteiger partial charge < -0.3 is 14.8 Å². The number of ether oxygens (including phenoxy) is 2. The van der Waals surface area contributed by atoms with Gasteiger partial charge in [-0.15, -0.1) is 12.4 Å². The molecule has 150 valence electrons. The molecule has 0 spiro atoms. The van der Waals surface area contributed by atoms with Crippen LogP contribution in [0.4, 0.5) is 0 Å². The van der Waals surface area contributed by atoms with Crippen molar-refractivity contribution in [2.24, 2.45) is 0 Å². The topological polar surface area (TPSA) is 84.9 Å². The molecule has 2 bridgehead atoms. The fourth-order valence-corrected chi connectivity index (χ4v) is 6.16. The van der Waals surface area contributed by atoms with E-state index in [1.165, 1.54) is 0 Å². The van der Waals surface area contributed by atoms with Gasteiger partial charge in [-0.1, -0.05) is 0 Å². The zero-order valence-corrected chi connectivity index (χ0v) is 16.9. The van der Waals surface area contributed by atoms with Crippen LogP contribution in [0.2, 0.25) is 0 Å². The molecule has 3 aliphatic rings. The second-order valence-electron chi connectivity index (χ2n) is 7.04. The lowest BCUT2D eigenvalue weighted by Gasteiger charge is -2.27. The highest BCUT2D eigenvalue weighted by atomic mass is 35.5. The Bertz CT molecular complexity index is 802. The Labute approximate surface area is 165 Å². The van der Waals surface area contributed by atoms with Gasteiger partial charge in [-0.05, 0) is 56.5 Å². The van der Waals surface area contributed by atoms with Gasteiger partial charge >= 0.3 is 5.97 Å². The van der Waals surface area contributed by atoms with Crippen molar-refractivity contribution in [1.29, 1.82) is 0 Å². The lowest BCUT2D eigenvalue weighted by molar-refractivity contribution is -0.150. The van der Waals surface area contributed by atoms with E-state index in [4.69, 9.17) is 9.47 Å². The van der Waals surface area contributed by atoms with Crippen LogP contribution in [0.1, 0.15) is 31.7 Å². The summed E-state index contributed by atoms with van der Waals surface area (Å²) in [6.45, 7) is 3.59. The first-order chi connectivity index (χ1) is 12.5. The average Bonchev–Trinajstić information content (AvgIpc) is 3.14. The highest BCUT2D eigenvalue weighted by Crippen LogP contribution is 2.36. The minimum Gasteiger partial charge on any atom is -0.478 e. The summed E-state index contributed by atoms with van der Waals surface area (Å²) in [5.41, 5.74) is 0.740. The van der Waals surface area contributed by atoms with E-state index in [0.717, 1.165) is 31.4 Å². The van der Waals surface area contributed by atoms with Gasteiger partial charge in [0.2, 0.25) is 10.0 Å². The van der Waals surface area contributed by atoms with E-state index < -0.39 is 22.1 Å². The average molecular weight is 417 g/mol. The van der Waals surface area contributed by atoms with Gasteiger partial charge in [0.25, 0.3) is 0 Å². The maximum Gasteiger partial charge on any atom is 0.347 e. The standard InChI is InChI=1S/C18H24N2O5S.ClH/c1-2-24-18(21)17-10-12-9-15(5-6-16(12)25-17)26(22,23)20-13-3-4-14(20)11-19-8-7-13;/h5-6,9,13-14,17,19H,2-4,7-8,10-11H2,1H3;1H. The molecule has 3 heterocycles. The molecule has 2 fully saturated rings. The van der Waals surface area contributed by atoms with Gasteiger partial charge in [-0.25, -0.2) is 13.2 Å². The molecule has 1 aromatic carbocycles. The van der Waals surface area contributed by atoms with Gasteiger partial charge in [-0.2, -0.15) is 4.31 Å². The fourth-order valence-electron chi connectivity index (χ4n) is 4.20. The Morgan fingerprint density at radius 2 is 2.07 bits per heavy atom. The summed E-state index contributed by atoms with van der Waals surface area (Å²) in [7, 11) is -3.57. The first-order valence-corrected chi connectivity index (χ1v) is 10.6. The molecule has 0 aliphatic carbocycles. The second kappa shape index (κ2) is 7.95. The molecule has 1 N–H and O–H groups in total. The first kappa shape index (κ1) is 20.4. The van der Waals surface area contributed by atoms with E-state index >= 15 is 0 Å². The maximum atomic E-state index is 13.3. The second-order valence-corrected chi connectivity index (χ2v) is 8.89. The Kier molecular flexibility index (Phi) is 6.00. The van der Waals surface area contributed by atoms with Crippen LogP contribution in [-0.2, 0) is 26.0 Å². The summed E-state index contributed by atoms with van der Waals surface area (Å²) in [5.74, 6) is 0.146. The van der Waals surface area contributed by atoms with Gasteiger partial charge in [0.05, 0.1) is 11.5 Å². The molecule has 0 radical (unpaired) electrons. The number of hydrogen-bond acceptors (Lipinski definition) is 6. The highest BCUT2D eigenvalue weighted by Gasteiger charge is 2.43. The summed E-state index contributed by atoms with van der Waals surface area (Å²) >= 11 is 0. The van der Waals surface area contributed by atoms with Crippen molar-refractivity contribution in [3.05, 3.63) is 23.8 Å². The van der Waals surface area contributed by atoms with Crippen LogP contribution in [0, 0.1) is 0 Å². The fraction of sp³-hybridized carbons (Fsp3) is 0.611. The normalized spacial score (nSPS) is 27.2. The number of carbonyl (C=O) groups is 1. The summed E-state index contributed by atoms with van der Waals surface area (Å²) in [5, 5.41) is 3.33. The summed E-state index contributed by atoms with van der Waals surface area (Å²) < 4.78 is 38.9. The van der Waals surface area contributed by atoms with Gasteiger partial charge in [0.15, 0.2) is 6.10 Å². The third-order valence-electron chi connectivity index (χ3n) is 5.42. The van der Waals surface area contributed by atoms with Gasteiger partial charge in [0, 0.05) is 25.0 Å². The van der Waals surface area contributed by atoms with Crippen molar-refractivity contribution < 1.29 is 22.7 Å². The predicted molar refractivity (Wildman–Crippen MR) is 102 cm³/mol. The van der Waals surface area contributed by atoms with Crippen molar-refractivity contribution >= 4 is 28.4 Å². The number of halogens is 1. The zero-order valence-electron chi connectivity index (χ0n) is 15.2. The molecule has 3 atom stereocenters. The van der Waals surface area contributed by atoms with Gasteiger partial charge in [0.1, 0.15) is 5.75 Å². The summed E-state index contributed by atoms with van der Waals surface area (Å²) in [4.78, 5) is 12.2. The minimum atomic E-state index is -3.57.